The van der Waals surface area contributed by atoms with E-state index >= 15 is 0 Å². The zero-order valence-electron chi connectivity index (χ0n) is 15.6. The molecule has 27 heavy (non-hydrogen) atoms. The number of rotatable bonds is 5. The molecule has 3 heterocycles. The lowest BCUT2D eigenvalue weighted by molar-refractivity contribution is -0.133. The monoisotopic (exact) mass is 367 g/mol. The number of piperidine rings is 1. The molecule has 2 atom stereocenters. The summed E-state index contributed by atoms with van der Waals surface area (Å²) in [6, 6.07) is 13.8. The number of hydrogen-bond donors (Lipinski definition) is 0. The second kappa shape index (κ2) is 7.56. The van der Waals surface area contributed by atoms with Crippen molar-refractivity contribution in [2.24, 2.45) is 0 Å². The number of aromatic nitrogens is 1. The Morgan fingerprint density at radius 3 is 2.81 bits per heavy atom. The Hall–Kier alpha value is -2.60. The first kappa shape index (κ1) is 17.8. The van der Waals surface area contributed by atoms with E-state index < -0.39 is 0 Å². The van der Waals surface area contributed by atoms with E-state index in [9.17, 15) is 9.59 Å². The van der Waals surface area contributed by atoms with Gasteiger partial charge in [-0.1, -0.05) is 24.3 Å². The first-order valence-electron chi connectivity index (χ1n) is 9.47. The second-order valence-corrected chi connectivity index (χ2v) is 7.21. The molecule has 142 valence electrons. The highest BCUT2D eigenvalue weighted by atomic mass is 16.5. The molecule has 6 nitrogen and oxygen atoms in total. The largest absolute Gasteiger partial charge is 0.383 e. The number of hydrogen-bond acceptors (Lipinski definition) is 4. The predicted octanol–water partition coefficient (Wildman–Crippen LogP) is 1.70. The topological polar surface area (TPSA) is 54.8 Å². The van der Waals surface area contributed by atoms with Gasteiger partial charge < -0.3 is 19.1 Å². The van der Waals surface area contributed by atoms with Gasteiger partial charge in [-0.3, -0.25) is 9.59 Å². The molecule has 1 fully saturated rings. The molecule has 0 radical (unpaired) electrons. The Labute approximate surface area is 159 Å². The van der Waals surface area contributed by atoms with Crippen LogP contribution in [-0.2, 0) is 16.1 Å². The highest BCUT2D eigenvalue weighted by molar-refractivity contribution is 5.76. The summed E-state index contributed by atoms with van der Waals surface area (Å²) >= 11 is 0. The number of likely N-dealkylation sites (tertiary alicyclic amines) is 1. The van der Waals surface area contributed by atoms with E-state index in [2.05, 4.69) is 29.2 Å². The van der Waals surface area contributed by atoms with Gasteiger partial charge in [0.2, 0.25) is 5.91 Å². The Balaban J connectivity index is 1.52. The lowest BCUT2D eigenvalue weighted by atomic mass is 9.89. The third-order valence-electron chi connectivity index (χ3n) is 5.72. The average molecular weight is 367 g/mol. The summed E-state index contributed by atoms with van der Waals surface area (Å²) < 4.78 is 6.77. The van der Waals surface area contributed by atoms with Crippen molar-refractivity contribution in [3.05, 3.63) is 64.6 Å². The summed E-state index contributed by atoms with van der Waals surface area (Å²) in [7, 11) is 1.73. The minimum Gasteiger partial charge on any atom is -0.383 e. The van der Waals surface area contributed by atoms with E-state index in [0.29, 0.717) is 25.1 Å². The molecule has 2 aromatic rings. The maximum Gasteiger partial charge on any atom is 0.250 e. The molecule has 1 amide bonds. The minimum atomic E-state index is -0.141. The van der Waals surface area contributed by atoms with Crippen LogP contribution < -0.4 is 10.5 Å². The quantitative estimate of drug-likeness (QED) is 0.807. The van der Waals surface area contributed by atoms with Gasteiger partial charge in [-0.05, 0) is 24.1 Å². The Bertz CT molecular complexity index is 879. The van der Waals surface area contributed by atoms with E-state index in [0.717, 1.165) is 19.5 Å². The Morgan fingerprint density at radius 2 is 2.00 bits per heavy atom. The smallest absolute Gasteiger partial charge is 0.250 e. The lowest BCUT2D eigenvalue weighted by Gasteiger charge is -2.39. The molecule has 4 rings (SSSR count). The van der Waals surface area contributed by atoms with Crippen molar-refractivity contribution in [2.45, 2.75) is 24.9 Å². The molecule has 2 aliphatic rings. The maximum atomic E-state index is 12.8. The molecule has 1 aromatic carbocycles. The van der Waals surface area contributed by atoms with E-state index in [1.54, 1.807) is 25.4 Å². The first-order chi connectivity index (χ1) is 13.2. The van der Waals surface area contributed by atoms with Crippen LogP contribution in [0.5, 0.6) is 0 Å². The molecule has 6 heteroatoms. The third-order valence-corrected chi connectivity index (χ3v) is 5.72. The number of ether oxygens (including phenoxy) is 1. The van der Waals surface area contributed by atoms with Crippen LogP contribution in [0.25, 0.3) is 0 Å². The number of pyridine rings is 1. The third kappa shape index (κ3) is 3.37. The number of nitrogens with zero attached hydrogens (tertiary/aromatic N) is 3. The molecule has 0 spiro atoms. The van der Waals surface area contributed by atoms with Gasteiger partial charge in [0.25, 0.3) is 5.56 Å². The fraction of sp³-hybridized carbons (Fsp3) is 0.429. The summed E-state index contributed by atoms with van der Waals surface area (Å²) in [4.78, 5) is 29.1. The van der Waals surface area contributed by atoms with E-state index in [1.807, 2.05) is 4.90 Å². The SMILES string of the molecule is COCCN1c2ccccc2[C@@H]2CN(C(=O)Cn3ccccc3=O)CC[C@@H]21. The zero-order chi connectivity index (χ0) is 18.8. The summed E-state index contributed by atoms with van der Waals surface area (Å²) in [5, 5.41) is 0. The summed E-state index contributed by atoms with van der Waals surface area (Å²) in [6.07, 6.45) is 2.60. The molecule has 0 saturated carbocycles. The van der Waals surface area contributed by atoms with Crippen LogP contribution in [0.1, 0.15) is 17.9 Å². The maximum absolute atomic E-state index is 12.8. The van der Waals surface area contributed by atoms with E-state index in [-0.39, 0.29) is 18.0 Å². The lowest BCUT2D eigenvalue weighted by Crippen LogP contribution is -2.49. The van der Waals surface area contributed by atoms with Crippen LogP contribution in [0.3, 0.4) is 0 Å². The van der Waals surface area contributed by atoms with Crippen molar-refractivity contribution in [2.75, 3.05) is 38.3 Å². The molecular weight excluding hydrogens is 342 g/mol. The van der Waals surface area contributed by atoms with Crippen LogP contribution in [0.15, 0.2) is 53.5 Å². The van der Waals surface area contributed by atoms with Crippen LogP contribution in [0.4, 0.5) is 5.69 Å². The average Bonchev–Trinajstić information content (AvgIpc) is 3.01. The minimum absolute atomic E-state index is 0.00886. The van der Waals surface area contributed by atoms with Crippen molar-refractivity contribution in [1.29, 1.82) is 0 Å². The molecule has 0 unspecified atom stereocenters. The number of anilines is 1. The second-order valence-electron chi connectivity index (χ2n) is 7.21. The van der Waals surface area contributed by atoms with Crippen molar-refractivity contribution in [3.63, 3.8) is 0 Å². The number of amides is 1. The van der Waals surface area contributed by atoms with Crippen molar-refractivity contribution in [1.82, 2.24) is 9.47 Å². The van der Waals surface area contributed by atoms with Gasteiger partial charge in [0.1, 0.15) is 6.54 Å². The summed E-state index contributed by atoms with van der Waals surface area (Å²) in [6.45, 7) is 3.08. The number of fused-ring (bicyclic) bond motifs is 3. The normalized spacial score (nSPS) is 21.1. The zero-order valence-corrected chi connectivity index (χ0v) is 15.6. The molecular formula is C21H25N3O3. The van der Waals surface area contributed by atoms with Gasteiger partial charge in [0.15, 0.2) is 0 Å². The molecule has 0 bridgehead atoms. The summed E-state index contributed by atoms with van der Waals surface area (Å²) in [5.74, 6) is 0.317. The van der Waals surface area contributed by atoms with Crippen LogP contribution >= 0.6 is 0 Å². The standard InChI is InChI=1S/C21H25N3O3/c1-27-13-12-24-18-7-3-2-6-16(18)17-14-23(11-9-19(17)24)21(26)15-22-10-5-4-8-20(22)25/h2-8,10,17,19H,9,11-15H2,1H3/t17-,19-/m0/s1. The van der Waals surface area contributed by atoms with Crippen molar-refractivity contribution < 1.29 is 9.53 Å². The van der Waals surface area contributed by atoms with Gasteiger partial charge >= 0.3 is 0 Å². The number of methoxy groups -OCH3 is 1. The molecule has 2 aliphatic heterocycles. The number of carbonyl (C=O) groups excluding carboxylic acids is 1. The fourth-order valence-electron chi connectivity index (χ4n) is 4.40. The summed E-state index contributed by atoms with van der Waals surface area (Å²) in [5.41, 5.74) is 2.43. The predicted molar refractivity (Wildman–Crippen MR) is 104 cm³/mol. The fourth-order valence-corrected chi connectivity index (χ4v) is 4.40. The Morgan fingerprint density at radius 1 is 1.19 bits per heavy atom. The number of para-hydroxylation sites is 1. The van der Waals surface area contributed by atoms with E-state index in [1.165, 1.54) is 21.9 Å². The highest BCUT2D eigenvalue weighted by Gasteiger charge is 2.42. The van der Waals surface area contributed by atoms with Gasteiger partial charge in [0, 0.05) is 56.7 Å². The van der Waals surface area contributed by atoms with Crippen LogP contribution in [0.2, 0.25) is 0 Å². The molecule has 1 aromatic heterocycles. The molecule has 0 N–H and O–H groups in total. The van der Waals surface area contributed by atoms with Gasteiger partial charge in [-0.15, -0.1) is 0 Å². The van der Waals surface area contributed by atoms with Gasteiger partial charge in [-0.2, -0.15) is 0 Å². The first-order valence-corrected chi connectivity index (χ1v) is 9.47. The van der Waals surface area contributed by atoms with Gasteiger partial charge in [0.05, 0.1) is 6.61 Å². The molecule has 1 saturated heterocycles. The van der Waals surface area contributed by atoms with Crippen LogP contribution in [-0.4, -0.2) is 54.8 Å². The number of benzene rings is 1. The van der Waals surface area contributed by atoms with E-state index in [4.69, 9.17) is 4.74 Å². The van der Waals surface area contributed by atoms with Crippen molar-refractivity contribution in [3.8, 4) is 0 Å². The highest BCUT2D eigenvalue weighted by Crippen LogP contribution is 2.44. The van der Waals surface area contributed by atoms with Crippen molar-refractivity contribution >= 4 is 11.6 Å². The molecule has 0 aliphatic carbocycles. The number of carbonyl (C=O) groups is 1. The van der Waals surface area contributed by atoms with Crippen LogP contribution in [0, 0.1) is 0 Å². The Kier molecular flexibility index (Phi) is 4.99. The van der Waals surface area contributed by atoms with Gasteiger partial charge in [-0.25, -0.2) is 0 Å².